The Kier molecular flexibility index (Phi) is 4.88. The molecular formula is C17H15NO3. The maximum absolute atomic E-state index is 12.2. The van der Waals surface area contributed by atoms with E-state index in [0.29, 0.717) is 11.1 Å². The third-order valence-electron chi connectivity index (χ3n) is 2.85. The molecule has 4 heteroatoms. The minimum atomic E-state index is -0.432. The van der Waals surface area contributed by atoms with Gasteiger partial charge in [-0.3, -0.25) is 4.79 Å². The quantitative estimate of drug-likeness (QED) is 0.520. The van der Waals surface area contributed by atoms with Gasteiger partial charge in [0.15, 0.2) is 5.78 Å². The zero-order valence-electron chi connectivity index (χ0n) is 11.6. The Hall–Kier alpha value is -2.88. The summed E-state index contributed by atoms with van der Waals surface area (Å²) in [5.41, 5.74) is 2.05. The topological polar surface area (TPSA) is 55.4 Å². The summed E-state index contributed by atoms with van der Waals surface area (Å²) in [5.74, 6) is -0.453. The molecule has 0 spiro atoms. The van der Waals surface area contributed by atoms with Crippen molar-refractivity contribution in [1.82, 2.24) is 0 Å². The number of hydrogen-bond acceptors (Lipinski definition) is 4. The summed E-state index contributed by atoms with van der Waals surface area (Å²) in [4.78, 5) is 23.1. The van der Waals surface area contributed by atoms with Crippen molar-refractivity contribution < 1.29 is 14.3 Å². The molecule has 1 N–H and O–H groups in total. The van der Waals surface area contributed by atoms with Crippen LogP contribution >= 0.6 is 0 Å². The predicted molar refractivity (Wildman–Crippen MR) is 81.1 cm³/mol. The van der Waals surface area contributed by atoms with E-state index < -0.39 is 5.97 Å². The molecule has 0 aliphatic carbocycles. The lowest BCUT2D eigenvalue weighted by Crippen LogP contribution is -2.01. The van der Waals surface area contributed by atoms with Crippen molar-refractivity contribution in [3.8, 4) is 0 Å². The number of ether oxygens (including phenoxy) is 1. The first kappa shape index (κ1) is 14.5. The summed E-state index contributed by atoms with van der Waals surface area (Å²) in [5, 5.41) is 2.92. The van der Waals surface area contributed by atoms with Crippen molar-refractivity contribution >= 4 is 17.4 Å². The minimum absolute atomic E-state index is 0.0211. The van der Waals surface area contributed by atoms with Crippen molar-refractivity contribution in [2.24, 2.45) is 0 Å². The second-order valence-electron chi connectivity index (χ2n) is 4.27. The third-order valence-corrected chi connectivity index (χ3v) is 2.85. The molecule has 0 amide bonds. The fraction of sp³-hybridized carbons (Fsp3) is 0.0588. The molecule has 4 nitrogen and oxygen atoms in total. The molecule has 0 radical (unpaired) electrons. The van der Waals surface area contributed by atoms with Crippen LogP contribution in [0.15, 0.2) is 66.9 Å². The lowest BCUT2D eigenvalue weighted by Gasteiger charge is -2.04. The fourth-order valence-corrected chi connectivity index (χ4v) is 1.75. The van der Waals surface area contributed by atoms with Gasteiger partial charge in [0.05, 0.1) is 7.11 Å². The van der Waals surface area contributed by atoms with Gasteiger partial charge in [0, 0.05) is 29.1 Å². The number of hydrogen-bond donors (Lipinski definition) is 1. The van der Waals surface area contributed by atoms with Crippen LogP contribution in [0.2, 0.25) is 0 Å². The molecule has 0 saturated carbocycles. The van der Waals surface area contributed by atoms with Gasteiger partial charge in [-0.25, -0.2) is 4.79 Å². The summed E-state index contributed by atoms with van der Waals surface area (Å²) >= 11 is 0. The van der Waals surface area contributed by atoms with E-state index in [4.69, 9.17) is 0 Å². The molecular weight excluding hydrogens is 266 g/mol. The Morgan fingerprint density at radius 2 is 1.57 bits per heavy atom. The van der Waals surface area contributed by atoms with Gasteiger partial charge in [0.2, 0.25) is 0 Å². The van der Waals surface area contributed by atoms with E-state index >= 15 is 0 Å². The van der Waals surface area contributed by atoms with Gasteiger partial charge in [0.25, 0.3) is 0 Å². The number of carbonyl (C=O) groups is 2. The molecule has 0 bridgehead atoms. The maximum Gasteiger partial charge on any atom is 0.331 e. The summed E-state index contributed by atoms with van der Waals surface area (Å²) < 4.78 is 4.48. The van der Waals surface area contributed by atoms with Crippen LogP contribution in [0.3, 0.4) is 0 Å². The average molecular weight is 281 g/mol. The van der Waals surface area contributed by atoms with Crippen molar-refractivity contribution in [2.75, 3.05) is 12.4 Å². The van der Waals surface area contributed by atoms with Crippen LogP contribution in [0.4, 0.5) is 5.69 Å². The first-order valence-electron chi connectivity index (χ1n) is 6.41. The largest absolute Gasteiger partial charge is 0.466 e. The van der Waals surface area contributed by atoms with E-state index in [9.17, 15) is 9.59 Å². The Bertz CT molecular complexity index is 645. The lowest BCUT2D eigenvalue weighted by molar-refractivity contribution is -0.134. The van der Waals surface area contributed by atoms with E-state index in [-0.39, 0.29) is 5.78 Å². The number of nitrogens with one attached hydrogen (secondary N) is 1. The lowest BCUT2D eigenvalue weighted by atomic mass is 10.0. The van der Waals surface area contributed by atoms with Crippen molar-refractivity contribution in [3.05, 3.63) is 78.0 Å². The number of carbonyl (C=O) groups excluding carboxylic acids is 2. The van der Waals surface area contributed by atoms with Crippen molar-refractivity contribution in [2.45, 2.75) is 0 Å². The second-order valence-corrected chi connectivity index (χ2v) is 4.27. The molecule has 0 aromatic heterocycles. The highest BCUT2D eigenvalue weighted by Gasteiger charge is 2.07. The van der Waals surface area contributed by atoms with Crippen LogP contribution in [0.1, 0.15) is 15.9 Å². The smallest absolute Gasteiger partial charge is 0.331 e. The highest BCUT2D eigenvalue weighted by molar-refractivity contribution is 6.09. The van der Waals surface area contributed by atoms with Gasteiger partial charge in [-0.2, -0.15) is 0 Å². The van der Waals surface area contributed by atoms with Gasteiger partial charge in [-0.15, -0.1) is 0 Å². The van der Waals surface area contributed by atoms with Crippen LogP contribution in [0.25, 0.3) is 0 Å². The Labute approximate surface area is 123 Å². The second kappa shape index (κ2) is 7.05. The molecule has 0 heterocycles. The average Bonchev–Trinajstić information content (AvgIpc) is 2.55. The number of anilines is 1. The molecule has 21 heavy (non-hydrogen) atoms. The highest BCUT2D eigenvalue weighted by atomic mass is 16.5. The molecule has 106 valence electrons. The minimum Gasteiger partial charge on any atom is -0.466 e. The molecule has 0 aliphatic heterocycles. The van der Waals surface area contributed by atoms with Crippen LogP contribution in [0.5, 0.6) is 0 Å². The van der Waals surface area contributed by atoms with E-state index in [0.717, 1.165) is 5.69 Å². The maximum atomic E-state index is 12.2. The van der Waals surface area contributed by atoms with Crippen LogP contribution in [-0.2, 0) is 9.53 Å². The third kappa shape index (κ3) is 4.04. The van der Waals surface area contributed by atoms with E-state index in [1.54, 1.807) is 36.4 Å². The number of ketones is 1. The van der Waals surface area contributed by atoms with Crippen LogP contribution in [-0.4, -0.2) is 18.9 Å². The van der Waals surface area contributed by atoms with Crippen LogP contribution < -0.4 is 5.32 Å². The Morgan fingerprint density at radius 1 is 0.952 bits per heavy atom. The first-order chi connectivity index (χ1) is 10.2. The van der Waals surface area contributed by atoms with Crippen molar-refractivity contribution in [3.63, 3.8) is 0 Å². The number of rotatable bonds is 5. The van der Waals surface area contributed by atoms with Gasteiger partial charge >= 0.3 is 5.97 Å². The van der Waals surface area contributed by atoms with Gasteiger partial charge in [0.1, 0.15) is 0 Å². The standard InChI is InChI=1S/C17H15NO3/c1-21-16(19)11-12-18-15-9-7-14(8-10-15)17(20)13-5-3-2-4-6-13/h2-12,18H,1H3/b12-11+. The van der Waals surface area contributed by atoms with E-state index in [2.05, 4.69) is 10.1 Å². The molecule has 0 unspecified atom stereocenters. The molecule has 2 rings (SSSR count). The summed E-state index contributed by atoms with van der Waals surface area (Å²) in [7, 11) is 1.32. The van der Waals surface area contributed by atoms with E-state index in [1.165, 1.54) is 19.4 Å². The number of methoxy groups -OCH3 is 1. The van der Waals surface area contributed by atoms with Gasteiger partial charge in [-0.05, 0) is 24.3 Å². The normalized spacial score (nSPS) is 10.3. The van der Waals surface area contributed by atoms with Gasteiger partial charge in [-0.1, -0.05) is 30.3 Å². The summed E-state index contributed by atoms with van der Waals surface area (Å²) in [6.07, 6.45) is 2.77. The summed E-state index contributed by atoms with van der Waals surface area (Å²) in [6.45, 7) is 0. The summed E-state index contributed by atoms with van der Waals surface area (Å²) in [6, 6.07) is 16.1. The first-order valence-corrected chi connectivity index (χ1v) is 6.41. The SMILES string of the molecule is COC(=O)/C=C/Nc1ccc(C(=O)c2ccccc2)cc1. The molecule has 2 aromatic carbocycles. The number of esters is 1. The van der Waals surface area contributed by atoms with Crippen molar-refractivity contribution in [1.29, 1.82) is 0 Å². The number of benzene rings is 2. The molecule has 2 aromatic rings. The Balaban J connectivity index is 2.04. The molecule has 0 atom stereocenters. The Morgan fingerprint density at radius 3 is 2.19 bits per heavy atom. The molecule has 0 saturated heterocycles. The predicted octanol–water partition coefficient (Wildman–Crippen LogP) is 3.02. The van der Waals surface area contributed by atoms with E-state index in [1.807, 2.05) is 18.2 Å². The highest BCUT2D eigenvalue weighted by Crippen LogP contribution is 2.13. The molecule has 0 fully saturated rings. The molecule has 0 aliphatic rings. The monoisotopic (exact) mass is 281 g/mol. The zero-order valence-corrected chi connectivity index (χ0v) is 11.6. The van der Waals surface area contributed by atoms with Crippen LogP contribution in [0, 0.1) is 0 Å². The van der Waals surface area contributed by atoms with Gasteiger partial charge < -0.3 is 10.1 Å². The zero-order chi connectivity index (χ0) is 15.1. The fourth-order valence-electron chi connectivity index (χ4n) is 1.75.